The summed E-state index contributed by atoms with van der Waals surface area (Å²) in [7, 11) is 3.30. The molecule has 9 rings (SSSR count). The molecule has 8 aromatic carbocycles. The number of primary amides is 2. The van der Waals surface area contributed by atoms with E-state index in [1.54, 1.807) is 50.6 Å². The summed E-state index contributed by atoms with van der Waals surface area (Å²) < 4.78 is 34.1. The lowest BCUT2D eigenvalue weighted by molar-refractivity contribution is 0.0987. The van der Waals surface area contributed by atoms with Crippen LogP contribution in [-0.2, 0) is 13.0 Å². The Bertz CT molecular complexity index is 3080. The third-order valence-electron chi connectivity index (χ3n) is 13.4. The maximum absolute atomic E-state index is 11.8. The van der Waals surface area contributed by atoms with Crippen molar-refractivity contribution in [3.8, 4) is 34.5 Å². The van der Waals surface area contributed by atoms with Gasteiger partial charge in [-0.3, -0.25) is 14.5 Å². The Kier molecular flexibility index (Phi) is 20.1. The summed E-state index contributed by atoms with van der Waals surface area (Å²) in [6.07, 6.45) is 2.35. The van der Waals surface area contributed by atoms with Gasteiger partial charge in [-0.15, -0.1) is 0 Å². The summed E-state index contributed by atoms with van der Waals surface area (Å²) in [5.41, 5.74) is 20.3. The van der Waals surface area contributed by atoms with Crippen LogP contribution in [0.25, 0.3) is 0 Å². The van der Waals surface area contributed by atoms with Gasteiger partial charge in [-0.25, -0.2) is 0 Å². The number of nitrogens with zero attached hydrogens (tertiary/aromatic N) is 1. The number of rotatable bonds is 26. The highest BCUT2D eigenvalue weighted by Gasteiger charge is 2.21. The first kappa shape index (κ1) is 54.7. The van der Waals surface area contributed by atoms with E-state index in [4.69, 9.17) is 39.9 Å². The summed E-state index contributed by atoms with van der Waals surface area (Å²) >= 11 is 0. The van der Waals surface area contributed by atoms with Gasteiger partial charge < -0.3 is 45.2 Å². The van der Waals surface area contributed by atoms with Gasteiger partial charge in [0.25, 0.3) is 11.8 Å². The van der Waals surface area contributed by atoms with E-state index in [2.05, 4.69) is 119 Å². The van der Waals surface area contributed by atoms with Crippen molar-refractivity contribution in [1.82, 2.24) is 10.2 Å². The van der Waals surface area contributed by atoms with Crippen LogP contribution in [0.15, 0.2) is 200 Å². The van der Waals surface area contributed by atoms with Crippen LogP contribution in [-0.4, -0.2) is 77.1 Å². The Morgan fingerprint density at radius 3 is 1.71 bits per heavy atom. The highest BCUT2D eigenvalue weighted by atomic mass is 16.7. The molecule has 5 N–H and O–H groups in total. The number of methoxy groups -OCH3 is 2. The Labute approximate surface area is 452 Å². The number of carbonyl (C=O) groups is 2. The minimum atomic E-state index is -0.491. The van der Waals surface area contributed by atoms with Crippen LogP contribution < -0.4 is 45.2 Å². The minimum Gasteiger partial charge on any atom is -0.493 e. The normalized spacial score (nSPS) is 11.8. The molecule has 0 spiro atoms. The third-order valence-corrected chi connectivity index (χ3v) is 13.4. The van der Waals surface area contributed by atoms with Gasteiger partial charge >= 0.3 is 0 Å². The third kappa shape index (κ3) is 15.5. The largest absolute Gasteiger partial charge is 0.493 e. The van der Waals surface area contributed by atoms with Gasteiger partial charge in [0.05, 0.1) is 38.6 Å². The van der Waals surface area contributed by atoms with Crippen LogP contribution >= 0.6 is 0 Å². The molecule has 0 bridgehead atoms. The Hall–Kier alpha value is -8.58. The molecule has 12 nitrogen and oxygen atoms in total. The Morgan fingerprint density at radius 1 is 0.545 bits per heavy atom. The fourth-order valence-corrected chi connectivity index (χ4v) is 9.58. The number of hydrogen-bond donors (Lipinski definition) is 3. The van der Waals surface area contributed by atoms with E-state index in [1.165, 1.54) is 27.8 Å². The molecule has 1 aliphatic rings. The lowest BCUT2D eigenvalue weighted by Gasteiger charge is -2.29. The van der Waals surface area contributed by atoms with E-state index < -0.39 is 11.8 Å². The molecule has 0 aliphatic carbocycles. The molecule has 396 valence electrons. The number of para-hydroxylation sites is 3. The van der Waals surface area contributed by atoms with Crippen molar-refractivity contribution in [2.45, 2.75) is 37.6 Å². The molecule has 0 fully saturated rings. The Morgan fingerprint density at radius 2 is 1.10 bits per heavy atom. The zero-order chi connectivity index (χ0) is 53.6. The average molecular weight is 1030 g/mol. The predicted octanol–water partition coefficient (Wildman–Crippen LogP) is 11.2. The second-order valence-corrected chi connectivity index (χ2v) is 18.7. The van der Waals surface area contributed by atoms with E-state index >= 15 is 0 Å². The monoisotopic (exact) mass is 1030 g/mol. The van der Waals surface area contributed by atoms with Crippen molar-refractivity contribution in [2.24, 2.45) is 11.5 Å². The SMILES string of the molecule is COc1ccc(CN(CCCOc2ccccc2C(N)=O)CC(c2ccccc2)c2ccccc2)cc1OC.NC(=O)c1ccccc1OCCCNCC(c1ccccc1)c1cccc(Cc2cccc3c2OCO3)c1. The molecule has 0 radical (unpaired) electrons. The maximum Gasteiger partial charge on any atom is 0.252 e. The van der Waals surface area contributed by atoms with Crippen LogP contribution in [0.3, 0.4) is 0 Å². The molecular formula is C65H68N4O8. The highest BCUT2D eigenvalue weighted by Crippen LogP contribution is 2.37. The molecule has 0 saturated heterocycles. The van der Waals surface area contributed by atoms with Crippen molar-refractivity contribution in [2.75, 3.05) is 60.4 Å². The topological polar surface area (TPSA) is 157 Å². The number of ether oxygens (including phenoxy) is 6. The van der Waals surface area contributed by atoms with Crippen LogP contribution in [0.1, 0.15) is 84.3 Å². The second kappa shape index (κ2) is 28.4. The van der Waals surface area contributed by atoms with Crippen LogP contribution in [0.4, 0.5) is 0 Å². The summed E-state index contributed by atoms with van der Waals surface area (Å²) in [4.78, 5) is 25.8. The average Bonchev–Trinajstić information content (AvgIpc) is 3.97. The fourth-order valence-electron chi connectivity index (χ4n) is 9.58. The van der Waals surface area contributed by atoms with Crippen molar-refractivity contribution in [3.05, 3.63) is 250 Å². The van der Waals surface area contributed by atoms with E-state index in [0.717, 1.165) is 74.6 Å². The summed E-state index contributed by atoms with van der Waals surface area (Å²) in [5, 5.41) is 3.60. The van der Waals surface area contributed by atoms with Gasteiger partial charge in [-0.2, -0.15) is 0 Å². The van der Waals surface area contributed by atoms with Crippen molar-refractivity contribution < 1.29 is 38.0 Å². The molecule has 1 heterocycles. The standard InChI is InChI=1S/C33H36N2O4.C32H32N2O4/c1-37-31-19-18-25(22-32(31)38-2)23-35(20-11-21-39-30-17-10-9-16-28(30)33(34)36)24-29(26-12-5-3-6-13-26)27-14-7-4-8-15-27;33-32(35)27-14-4-5-15-29(27)36-18-8-17-34-21-28(24-10-2-1-3-11-24)25-12-6-9-23(19-25)20-26-13-7-16-30-31(26)38-22-37-30/h3-10,12-19,22,29H,11,20-21,23-24H2,1-2H3,(H2,34,36);1-7,9-16,19,28,34H,8,17-18,20-22H2,(H2,33,35). The number of benzene rings is 8. The Balaban J connectivity index is 0.000000204. The molecule has 2 amide bonds. The van der Waals surface area contributed by atoms with Gasteiger partial charge in [0.15, 0.2) is 23.0 Å². The molecule has 8 aromatic rings. The van der Waals surface area contributed by atoms with Gasteiger partial charge in [-0.05, 0) is 95.2 Å². The number of fused-ring (bicyclic) bond motifs is 1. The highest BCUT2D eigenvalue weighted by molar-refractivity contribution is 5.96. The second-order valence-electron chi connectivity index (χ2n) is 18.7. The summed E-state index contributed by atoms with van der Waals surface area (Å²) in [6, 6.07) is 66.9. The molecule has 77 heavy (non-hydrogen) atoms. The van der Waals surface area contributed by atoms with Gasteiger partial charge in [0.2, 0.25) is 6.79 Å². The quantitative estimate of drug-likeness (QED) is 0.0446. The van der Waals surface area contributed by atoms with E-state index in [0.29, 0.717) is 47.3 Å². The van der Waals surface area contributed by atoms with Gasteiger partial charge in [0, 0.05) is 50.0 Å². The molecule has 0 saturated carbocycles. The smallest absolute Gasteiger partial charge is 0.252 e. The first-order chi connectivity index (χ1) is 37.8. The lowest BCUT2D eigenvalue weighted by atomic mass is 9.89. The number of hydrogen-bond acceptors (Lipinski definition) is 10. The van der Waals surface area contributed by atoms with Crippen molar-refractivity contribution in [3.63, 3.8) is 0 Å². The molecule has 12 heteroatoms. The minimum absolute atomic E-state index is 0.198. The summed E-state index contributed by atoms with van der Waals surface area (Å²) in [5.74, 6) is 3.55. The maximum atomic E-state index is 11.8. The number of nitrogens with one attached hydrogen (secondary N) is 1. The fraction of sp³-hybridized carbons (Fsp3) is 0.231. The molecule has 1 atom stereocenters. The van der Waals surface area contributed by atoms with Gasteiger partial charge in [-0.1, -0.05) is 158 Å². The zero-order valence-electron chi connectivity index (χ0n) is 43.9. The van der Waals surface area contributed by atoms with Crippen molar-refractivity contribution >= 4 is 11.8 Å². The summed E-state index contributed by atoms with van der Waals surface area (Å²) in [6.45, 7) is 5.16. The molecule has 1 aliphatic heterocycles. The number of carbonyl (C=O) groups excluding carboxylic acids is 2. The van der Waals surface area contributed by atoms with Crippen LogP contribution in [0.2, 0.25) is 0 Å². The lowest BCUT2D eigenvalue weighted by Crippen LogP contribution is -2.31. The van der Waals surface area contributed by atoms with Crippen LogP contribution in [0.5, 0.6) is 34.5 Å². The van der Waals surface area contributed by atoms with Crippen molar-refractivity contribution in [1.29, 1.82) is 0 Å². The van der Waals surface area contributed by atoms with E-state index in [-0.39, 0.29) is 18.6 Å². The predicted molar refractivity (Wildman–Crippen MR) is 303 cm³/mol. The van der Waals surface area contributed by atoms with Crippen LogP contribution in [0, 0.1) is 0 Å². The molecular weight excluding hydrogens is 965 g/mol. The zero-order valence-corrected chi connectivity index (χ0v) is 43.9. The number of amides is 2. The number of nitrogens with two attached hydrogens (primary N) is 2. The molecule has 1 unspecified atom stereocenters. The van der Waals surface area contributed by atoms with E-state index in [1.807, 2.05) is 54.6 Å². The van der Waals surface area contributed by atoms with Gasteiger partial charge in [0.1, 0.15) is 11.5 Å². The molecule has 0 aromatic heterocycles. The first-order valence-electron chi connectivity index (χ1n) is 26.1. The first-order valence-corrected chi connectivity index (χ1v) is 26.1. The van der Waals surface area contributed by atoms with E-state index in [9.17, 15) is 9.59 Å².